The van der Waals surface area contributed by atoms with Crippen LogP contribution in [0.3, 0.4) is 0 Å². The van der Waals surface area contributed by atoms with E-state index in [0.717, 1.165) is 32.7 Å². The van der Waals surface area contributed by atoms with Crippen LogP contribution in [0.2, 0.25) is 5.15 Å². The molecule has 0 radical (unpaired) electrons. The maximum absolute atomic E-state index is 12.6. The van der Waals surface area contributed by atoms with Crippen molar-refractivity contribution in [2.24, 2.45) is 0 Å². The zero-order valence-corrected chi connectivity index (χ0v) is 15.2. The first-order valence-corrected chi connectivity index (χ1v) is 9.18. The predicted molar refractivity (Wildman–Crippen MR) is 104 cm³/mol. The number of carbonyl (C=O) groups excluding carboxylic acids is 1. The van der Waals surface area contributed by atoms with E-state index in [1.165, 1.54) is 16.3 Å². The van der Waals surface area contributed by atoms with E-state index in [2.05, 4.69) is 52.3 Å². The van der Waals surface area contributed by atoms with Crippen molar-refractivity contribution in [2.45, 2.75) is 6.54 Å². The maximum atomic E-state index is 12.6. The number of piperazine rings is 1. The summed E-state index contributed by atoms with van der Waals surface area (Å²) in [6.45, 7) is 4.10. The van der Waals surface area contributed by atoms with Crippen LogP contribution in [0, 0.1) is 0 Å². The quantitative estimate of drug-likeness (QED) is 0.661. The molecule has 4 rings (SSSR count). The van der Waals surface area contributed by atoms with Gasteiger partial charge in [-0.1, -0.05) is 54.1 Å². The summed E-state index contributed by atoms with van der Waals surface area (Å²) in [6, 6.07) is 18.3. The van der Waals surface area contributed by atoms with E-state index >= 15 is 0 Å². The average Bonchev–Trinajstić information content (AvgIpc) is 2.68. The number of amides is 1. The highest BCUT2D eigenvalue weighted by atomic mass is 35.5. The van der Waals surface area contributed by atoms with Crippen LogP contribution in [0.5, 0.6) is 0 Å². The molecule has 0 saturated carbocycles. The number of fused-ring (bicyclic) bond motifs is 1. The second-order valence-electron chi connectivity index (χ2n) is 6.57. The molecule has 132 valence electrons. The Balaban J connectivity index is 1.41. The first kappa shape index (κ1) is 17.0. The van der Waals surface area contributed by atoms with E-state index in [9.17, 15) is 4.79 Å². The first-order valence-electron chi connectivity index (χ1n) is 8.80. The Morgan fingerprint density at radius 2 is 1.77 bits per heavy atom. The first-order chi connectivity index (χ1) is 12.7. The molecule has 5 heteroatoms. The lowest BCUT2D eigenvalue weighted by Gasteiger charge is -2.35. The van der Waals surface area contributed by atoms with Gasteiger partial charge in [-0.15, -0.1) is 0 Å². The normalized spacial score (nSPS) is 15.3. The predicted octanol–water partition coefficient (Wildman–Crippen LogP) is 3.85. The van der Waals surface area contributed by atoms with Crippen molar-refractivity contribution in [3.05, 3.63) is 77.1 Å². The van der Waals surface area contributed by atoms with Crippen LogP contribution in [0.25, 0.3) is 10.8 Å². The van der Waals surface area contributed by atoms with Crippen molar-refractivity contribution in [3.8, 4) is 0 Å². The molecule has 0 spiro atoms. The number of carbonyl (C=O) groups is 1. The second-order valence-corrected chi connectivity index (χ2v) is 6.96. The summed E-state index contributed by atoms with van der Waals surface area (Å²) in [5, 5.41) is 2.93. The SMILES string of the molecule is O=C(c1ccnc(Cl)c1)N1CCN(Cc2cccc3ccccc23)CC1. The van der Waals surface area contributed by atoms with Crippen LogP contribution in [0.15, 0.2) is 60.8 Å². The summed E-state index contributed by atoms with van der Waals surface area (Å²) >= 11 is 5.90. The number of rotatable bonds is 3. The van der Waals surface area contributed by atoms with Crippen LogP contribution in [0.1, 0.15) is 15.9 Å². The molecule has 3 aromatic rings. The molecule has 0 unspecified atom stereocenters. The molecular formula is C21H20ClN3O. The van der Waals surface area contributed by atoms with Gasteiger partial charge in [-0.25, -0.2) is 4.98 Å². The fourth-order valence-corrected chi connectivity index (χ4v) is 3.67. The largest absolute Gasteiger partial charge is 0.336 e. The molecular weight excluding hydrogens is 346 g/mol. The van der Waals surface area contributed by atoms with Crippen molar-refractivity contribution in [1.82, 2.24) is 14.8 Å². The van der Waals surface area contributed by atoms with Crippen molar-refractivity contribution in [2.75, 3.05) is 26.2 Å². The number of aromatic nitrogens is 1. The fraction of sp³-hybridized carbons (Fsp3) is 0.238. The van der Waals surface area contributed by atoms with Gasteiger partial charge in [-0.3, -0.25) is 9.69 Å². The topological polar surface area (TPSA) is 36.4 Å². The van der Waals surface area contributed by atoms with Crippen molar-refractivity contribution >= 4 is 28.3 Å². The molecule has 0 atom stereocenters. The molecule has 1 amide bonds. The van der Waals surface area contributed by atoms with Gasteiger partial charge < -0.3 is 4.90 Å². The zero-order valence-electron chi connectivity index (χ0n) is 14.4. The lowest BCUT2D eigenvalue weighted by atomic mass is 10.0. The van der Waals surface area contributed by atoms with Crippen LogP contribution >= 0.6 is 11.6 Å². The molecule has 1 aliphatic rings. The molecule has 4 nitrogen and oxygen atoms in total. The van der Waals surface area contributed by atoms with Gasteiger partial charge in [0.1, 0.15) is 5.15 Å². The summed E-state index contributed by atoms with van der Waals surface area (Å²) in [5.74, 6) is 0.0270. The summed E-state index contributed by atoms with van der Waals surface area (Å²) in [5.41, 5.74) is 1.94. The van der Waals surface area contributed by atoms with Gasteiger partial charge in [0.25, 0.3) is 5.91 Å². The van der Waals surface area contributed by atoms with Crippen molar-refractivity contribution in [3.63, 3.8) is 0 Å². The Morgan fingerprint density at radius 3 is 2.58 bits per heavy atom. The van der Waals surface area contributed by atoms with Gasteiger partial charge in [0.2, 0.25) is 0 Å². The molecule has 1 aromatic heterocycles. The van der Waals surface area contributed by atoms with Crippen molar-refractivity contribution < 1.29 is 4.79 Å². The Kier molecular flexibility index (Phi) is 4.87. The summed E-state index contributed by atoms with van der Waals surface area (Å²) in [6.07, 6.45) is 1.58. The standard InChI is InChI=1S/C21H20ClN3O/c22-20-14-17(8-9-23-20)21(26)25-12-10-24(11-13-25)15-18-6-3-5-16-4-1-2-7-19(16)18/h1-9,14H,10-13,15H2. The van der Waals surface area contributed by atoms with Gasteiger partial charge in [-0.2, -0.15) is 0 Å². The molecule has 1 fully saturated rings. The van der Waals surface area contributed by atoms with Crippen LogP contribution in [-0.2, 0) is 6.54 Å². The number of pyridine rings is 1. The Labute approximate surface area is 158 Å². The van der Waals surface area contributed by atoms with E-state index in [0.29, 0.717) is 10.7 Å². The monoisotopic (exact) mass is 365 g/mol. The van der Waals surface area contributed by atoms with Crippen LogP contribution < -0.4 is 0 Å². The Morgan fingerprint density at radius 1 is 1.00 bits per heavy atom. The molecule has 26 heavy (non-hydrogen) atoms. The number of benzene rings is 2. The van der Waals surface area contributed by atoms with E-state index in [1.54, 1.807) is 18.3 Å². The fourth-order valence-electron chi connectivity index (χ4n) is 3.50. The maximum Gasteiger partial charge on any atom is 0.254 e. The highest BCUT2D eigenvalue weighted by Crippen LogP contribution is 2.21. The third-order valence-corrected chi connectivity index (χ3v) is 5.11. The summed E-state index contributed by atoms with van der Waals surface area (Å²) < 4.78 is 0. The van der Waals surface area contributed by atoms with Crippen LogP contribution in [0.4, 0.5) is 0 Å². The highest BCUT2D eigenvalue weighted by Gasteiger charge is 2.22. The zero-order chi connectivity index (χ0) is 17.9. The summed E-state index contributed by atoms with van der Waals surface area (Å²) in [7, 11) is 0. The van der Waals surface area contributed by atoms with Crippen LogP contribution in [-0.4, -0.2) is 46.9 Å². The third kappa shape index (κ3) is 3.57. The molecule has 1 saturated heterocycles. The molecule has 2 heterocycles. The van der Waals surface area contributed by atoms with Gasteiger partial charge in [0.15, 0.2) is 0 Å². The van der Waals surface area contributed by atoms with Gasteiger partial charge in [0, 0.05) is 44.5 Å². The molecule has 0 aliphatic carbocycles. The minimum absolute atomic E-state index is 0.0270. The lowest BCUT2D eigenvalue weighted by Crippen LogP contribution is -2.48. The van der Waals surface area contributed by atoms with Crippen molar-refractivity contribution in [1.29, 1.82) is 0 Å². The van der Waals surface area contributed by atoms with Gasteiger partial charge in [-0.05, 0) is 28.5 Å². The lowest BCUT2D eigenvalue weighted by molar-refractivity contribution is 0.0629. The molecule has 0 N–H and O–H groups in total. The van der Waals surface area contributed by atoms with Gasteiger partial charge in [0.05, 0.1) is 0 Å². The van der Waals surface area contributed by atoms with E-state index < -0.39 is 0 Å². The Hall–Kier alpha value is -2.43. The Bertz CT molecular complexity index is 930. The summed E-state index contributed by atoms with van der Waals surface area (Å²) in [4.78, 5) is 20.9. The van der Waals surface area contributed by atoms with E-state index in [4.69, 9.17) is 11.6 Å². The number of hydrogen-bond acceptors (Lipinski definition) is 3. The average molecular weight is 366 g/mol. The number of nitrogens with zero attached hydrogens (tertiary/aromatic N) is 3. The minimum atomic E-state index is 0.0270. The smallest absolute Gasteiger partial charge is 0.254 e. The molecule has 0 bridgehead atoms. The van der Waals surface area contributed by atoms with E-state index in [1.807, 2.05) is 4.90 Å². The number of halogens is 1. The molecule has 2 aromatic carbocycles. The number of hydrogen-bond donors (Lipinski definition) is 0. The minimum Gasteiger partial charge on any atom is -0.336 e. The van der Waals surface area contributed by atoms with Gasteiger partial charge >= 0.3 is 0 Å². The van der Waals surface area contributed by atoms with E-state index in [-0.39, 0.29) is 5.91 Å². The molecule has 1 aliphatic heterocycles. The third-order valence-electron chi connectivity index (χ3n) is 4.91. The highest BCUT2D eigenvalue weighted by molar-refractivity contribution is 6.29. The second kappa shape index (κ2) is 7.44.